The topological polar surface area (TPSA) is 43.4 Å². The van der Waals surface area contributed by atoms with Gasteiger partial charge in [-0.1, -0.05) is 6.92 Å². The van der Waals surface area contributed by atoms with Crippen molar-refractivity contribution in [1.82, 2.24) is 0 Å². The zero-order chi connectivity index (χ0) is 9.56. The number of ether oxygens (including phenoxy) is 1. The molecular weight excluding hydrogens is 156 g/mol. The highest BCUT2D eigenvalue weighted by Gasteiger charge is 2.07. The summed E-state index contributed by atoms with van der Waals surface area (Å²) in [5.74, 6) is -0.178. The maximum Gasteiger partial charge on any atom is 0.306 e. The van der Waals surface area contributed by atoms with Gasteiger partial charge in [0.1, 0.15) is 5.78 Å². The molecule has 12 heavy (non-hydrogen) atoms. The van der Waals surface area contributed by atoms with Gasteiger partial charge in [-0.15, -0.1) is 0 Å². The molecule has 3 heteroatoms. The molecule has 0 saturated heterocycles. The van der Waals surface area contributed by atoms with Crippen LogP contribution in [0.15, 0.2) is 0 Å². The first-order valence-corrected chi connectivity index (χ1v) is 4.27. The Morgan fingerprint density at radius 1 is 1.25 bits per heavy atom. The Morgan fingerprint density at radius 3 is 2.25 bits per heavy atom. The van der Waals surface area contributed by atoms with Crippen molar-refractivity contribution >= 4 is 11.8 Å². The quantitative estimate of drug-likeness (QED) is 0.593. The predicted octanol–water partition coefficient (Wildman–Crippen LogP) is 1.70. The van der Waals surface area contributed by atoms with Crippen LogP contribution in [0, 0.1) is 0 Å². The largest absolute Gasteiger partial charge is 0.463 e. The Labute approximate surface area is 73.1 Å². The minimum absolute atomic E-state index is 0.0887. The van der Waals surface area contributed by atoms with Gasteiger partial charge in [-0.05, 0) is 13.8 Å². The van der Waals surface area contributed by atoms with Crippen LogP contribution in [0.3, 0.4) is 0 Å². The summed E-state index contributed by atoms with van der Waals surface area (Å²) in [6, 6.07) is 0. The number of carbonyl (C=O) groups excluding carboxylic acids is 2. The van der Waals surface area contributed by atoms with Gasteiger partial charge in [0.2, 0.25) is 0 Å². The Kier molecular flexibility index (Phi) is 5.34. The van der Waals surface area contributed by atoms with Crippen molar-refractivity contribution < 1.29 is 14.3 Å². The van der Waals surface area contributed by atoms with Gasteiger partial charge in [-0.25, -0.2) is 0 Å². The molecule has 0 aromatic rings. The molecule has 0 fully saturated rings. The van der Waals surface area contributed by atoms with Crippen LogP contribution in [0.25, 0.3) is 0 Å². The molecule has 0 saturated carbocycles. The molecule has 0 heterocycles. The van der Waals surface area contributed by atoms with Gasteiger partial charge in [0.15, 0.2) is 0 Å². The second-order valence-electron chi connectivity index (χ2n) is 2.93. The van der Waals surface area contributed by atoms with Crippen molar-refractivity contribution in [1.29, 1.82) is 0 Å². The number of ketones is 1. The second kappa shape index (κ2) is 5.75. The molecule has 70 valence electrons. The molecule has 0 aromatic carbocycles. The first-order chi connectivity index (χ1) is 5.56. The smallest absolute Gasteiger partial charge is 0.306 e. The van der Waals surface area contributed by atoms with Crippen LogP contribution >= 0.6 is 0 Å². The number of rotatable bonds is 5. The molecule has 3 nitrogen and oxygen atoms in total. The Hall–Kier alpha value is -0.860. The molecular formula is C9H16O3. The van der Waals surface area contributed by atoms with E-state index in [0.717, 1.165) is 0 Å². The number of Topliss-reactive ketones (excluding diaryl/α,β-unsaturated/α-hetero) is 1. The molecule has 0 aliphatic carbocycles. The van der Waals surface area contributed by atoms with Gasteiger partial charge in [0, 0.05) is 12.8 Å². The molecule has 0 bridgehead atoms. The number of carbonyl (C=O) groups is 2. The molecule has 0 aliphatic heterocycles. The van der Waals surface area contributed by atoms with Gasteiger partial charge in [-0.3, -0.25) is 9.59 Å². The predicted molar refractivity (Wildman–Crippen MR) is 45.8 cm³/mol. The Morgan fingerprint density at radius 2 is 1.83 bits per heavy atom. The fourth-order valence-electron chi connectivity index (χ4n) is 0.740. The molecule has 0 spiro atoms. The number of hydrogen-bond acceptors (Lipinski definition) is 3. The summed E-state index contributed by atoms with van der Waals surface area (Å²) < 4.78 is 4.85. The van der Waals surface area contributed by atoms with Crippen LogP contribution < -0.4 is 0 Å². The van der Waals surface area contributed by atoms with E-state index < -0.39 is 0 Å². The minimum Gasteiger partial charge on any atom is -0.463 e. The third kappa shape index (κ3) is 5.89. The molecule has 0 unspecified atom stereocenters. The lowest BCUT2D eigenvalue weighted by Gasteiger charge is -2.06. The van der Waals surface area contributed by atoms with Crippen LogP contribution in [-0.4, -0.2) is 17.9 Å². The average Bonchev–Trinajstić information content (AvgIpc) is 1.99. The molecule has 0 aromatic heterocycles. The third-order valence-corrected chi connectivity index (χ3v) is 1.37. The Balaban J connectivity index is 3.51. The maximum absolute atomic E-state index is 10.9. The zero-order valence-electron chi connectivity index (χ0n) is 7.92. The van der Waals surface area contributed by atoms with E-state index in [1.165, 1.54) is 0 Å². The standard InChI is InChI=1S/C9H16O3/c1-4-8(10)5-6-9(11)12-7(2)3/h7H,4-6H2,1-3H3. The van der Waals surface area contributed by atoms with Crippen molar-refractivity contribution in [3.05, 3.63) is 0 Å². The SMILES string of the molecule is CCC(=O)CCC(=O)OC(C)C. The van der Waals surface area contributed by atoms with Gasteiger partial charge < -0.3 is 4.74 Å². The Bertz CT molecular complexity index is 161. The molecule has 0 rings (SSSR count). The van der Waals surface area contributed by atoms with Crippen LogP contribution in [0.1, 0.15) is 40.0 Å². The monoisotopic (exact) mass is 172 g/mol. The van der Waals surface area contributed by atoms with E-state index in [-0.39, 0.29) is 24.3 Å². The van der Waals surface area contributed by atoms with E-state index in [4.69, 9.17) is 4.74 Å². The molecule has 0 amide bonds. The van der Waals surface area contributed by atoms with E-state index in [9.17, 15) is 9.59 Å². The van der Waals surface area contributed by atoms with Gasteiger partial charge in [0.25, 0.3) is 0 Å². The molecule has 0 aliphatic rings. The summed E-state index contributed by atoms with van der Waals surface area (Å²) >= 11 is 0. The molecule has 0 N–H and O–H groups in total. The zero-order valence-corrected chi connectivity index (χ0v) is 7.92. The third-order valence-electron chi connectivity index (χ3n) is 1.37. The van der Waals surface area contributed by atoms with E-state index in [1.54, 1.807) is 20.8 Å². The van der Waals surface area contributed by atoms with Crippen molar-refractivity contribution in [2.24, 2.45) is 0 Å². The first kappa shape index (κ1) is 11.1. The molecule has 0 radical (unpaired) electrons. The normalized spacial score (nSPS) is 10.0. The van der Waals surface area contributed by atoms with E-state index in [0.29, 0.717) is 12.8 Å². The van der Waals surface area contributed by atoms with Crippen LogP contribution in [0.5, 0.6) is 0 Å². The highest BCUT2D eigenvalue weighted by molar-refractivity contribution is 5.82. The lowest BCUT2D eigenvalue weighted by molar-refractivity contribution is -0.148. The van der Waals surface area contributed by atoms with Crippen molar-refractivity contribution in [3.63, 3.8) is 0 Å². The number of esters is 1. The maximum atomic E-state index is 10.9. The fourth-order valence-corrected chi connectivity index (χ4v) is 0.740. The van der Waals surface area contributed by atoms with Gasteiger partial charge >= 0.3 is 5.97 Å². The number of hydrogen-bond donors (Lipinski definition) is 0. The summed E-state index contributed by atoms with van der Waals surface area (Å²) in [5.41, 5.74) is 0. The fraction of sp³-hybridized carbons (Fsp3) is 0.778. The second-order valence-corrected chi connectivity index (χ2v) is 2.93. The van der Waals surface area contributed by atoms with Crippen LogP contribution in [0.2, 0.25) is 0 Å². The minimum atomic E-state index is -0.285. The summed E-state index contributed by atoms with van der Waals surface area (Å²) in [6.07, 6.45) is 0.927. The van der Waals surface area contributed by atoms with Crippen LogP contribution in [0.4, 0.5) is 0 Å². The summed E-state index contributed by atoms with van der Waals surface area (Å²) in [6.45, 7) is 5.37. The van der Waals surface area contributed by atoms with E-state index in [1.807, 2.05) is 0 Å². The van der Waals surface area contributed by atoms with Gasteiger partial charge in [0.05, 0.1) is 12.5 Å². The van der Waals surface area contributed by atoms with Gasteiger partial charge in [-0.2, -0.15) is 0 Å². The van der Waals surface area contributed by atoms with E-state index in [2.05, 4.69) is 0 Å². The lowest BCUT2D eigenvalue weighted by atomic mass is 10.2. The van der Waals surface area contributed by atoms with Crippen molar-refractivity contribution in [3.8, 4) is 0 Å². The van der Waals surface area contributed by atoms with E-state index >= 15 is 0 Å². The summed E-state index contributed by atoms with van der Waals surface area (Å²) in [7, 11) is 0. The first-order valence-electron chi connectivity index (χ1n) is 4.27. The van der Waals surface area contributed by atoms with Crippen LogP contribution in [-0.2, 0) is 14.3 Å². The van der Waals surface area contributed by atoms with Crippen molar-refractivity contribution in [2.75, 3.05) is 0 Å². The highest BCUT2D eigenvalue weighted by Crippen LogP contribution is 1.99. The summed E-state index contributed by atoms with van der Waals surface area (Å²) in [5, 5.41) is 0. The van der Waals surface area contributed by atoms with Crippen molar-refractivity contribution in [2.45, 2.75) is 46.1 Å². The molecule has 0 atom stereocenters. The lowest BCUT2D eigenvalue weighted by Crippen LogP contribution is -2.12. The highest BCUT2D eigenvalue weighted by atomic mass is 16.5. The average molecular weight is 172 g/mol. The summed E-state index contributed by atoms with van der Waals surface area (Å²) in [4.78, 5) is 21.7.